The van der Waals surface area contributed by atoms with Gasteiger partial charge < -0.3 is 10.0 Å². The molecule has 1 atom stereocenters. The Morgan fingerprint density at radius 3 is 2.75 bits per heavy atom. The number of rotatable bonds is 4. The molecule has 1 fully saturated rings. The molecule has 1 N–H and O–H groups in total. The van der Waals surface area contributed by atoms with Gasteiger partial charge >= 0.3 is 0 Å². The molecule has 0 aliphatic carbocycles. The van der Waals surface area contributed by atoms with Gasteiger partial charge in [0.15, 0.2) is 5.69 Å². The van der Waals surface area contributed by atoms with E-state index in [-0.39, 0.29) is 36.4 Å². The molecule has 1 aliphatic rings. The lowest BCUT2D eigenvalue weighted by Gasteiger charge is -2.33. The minimum absolute atomic E-state index is 0.0969. The lowest BCUT2D eigenvalue weighted by molar-refractivity contribution is 0.0497. The third-order valence-electron chi connectivity index (χ3n) is 4.24. The summed E-state index contributed by atoms with van der Waals surface area (Å²) in [5.74, 6) is -1.67. The second-order valence-electron chi connectivity index (χ2n) is 5.83. The minimum atomic E-state index is -0.672. The van der Waals surface area contributed by atoms with Crippen LogP contribution in [0.3, 0.4) is 0 Å². The molecular weight excluding hydrogens is 318 g/mol. The van der Waals surface area contributed by atoms with Crippen LogP contribution in [-0.4, -0.2) is 50.1 Å². The largest absolute Gasteiger partial charge is 0.394 e. The lowest BCUT2D eigenvalue weighted by Crippen LogP contribution is -2.45. The van der Waals surface area contributed by atoms with Crippen molar-refractivity contribution in [3.05, 3.63) is 47.3 Å². The van der Waals surface area contributed by atoms with Crippen LogP contribution in [0.5, 0.6) is 0 Å². The van der Waals surface area contributed by atoms with E-state index in [2.05, 4.69) is 10.3 Å². The van der Waals surface area contributed by atoms with Gasteiger partial charge in [0.25, 0.3) is 5.91 Å². The monoisotopic (exact) mass is 336 g/mol. The zero-order valence-corrected chi connectivity index (χ0v) is 13.0. The summed E-state index contributed by atoms with van der Waals surface area (Å²) in [7, 11) is 0. The summed E-state index contributed by atoms with van der Waals surface area (Å²) in [4.78, 5) is 14.1. The molecule has 1 aromatic heterocycles. The molecule has 1 amide bonds. The molecule has 0 bridgehead atoms. The van der Waals surface area contributed by atoms with Crippen molar-refractivity contribution in [1.29, 1.82) is 0 Å². The summed E-state index contributed by atoms with van der Waals surface area (Å²) in [5.41, 5.74) is -0.0281. The Hall–Kier alpha value is -2.35. The van der Waals surface area contributed by atoms with Crippen LogP contribution < -0.4 is 0 Å². The van der Waals surface area contributed by atoms with Crippen molar-refractivity contribution in [1.82, 2.24) is 19.9 Å². The number of piperidine rings is 1. The minimum Gasteiger partial charge on any atom is -0.394 e. The molecule has 0 unspecified atom stereocenters. The Bertz CT molecular complexity index is 714. The summed E-state index contributed by atoms with van der Waals surface area (Å²) in [6.07, 6.45) is 3.96. The summed E-state index contributed by atoms with van der Waals surface area (Å²) in [6, 6.07) is 3.40. The second-order valence-corrected chi connectivity index (χ2v) is 5.83. The zero-order valence-electron chi connectivity index (χ0n) is 13.0. The van der Waals surface area contributed by atoms with Crippen LogP contribution in [0, 0.1) is 11.6 Å². The van der Waals surface area contributed by atoms with E-state index < -0.39 is 11.6 Å². The van der Waals surface area contributed by atoms with E-state index in [0.717, 1.165) is 19.3 Å². The SMILES string of the molecule is O=C(c1cn(Cc2c(F)cccc2F)nn1)N1CCCC[C@@H]1CO. The van der Waals surface area contributed by atoms with E-state index in [1.54, 1.807) is 4.90 Å². The van der Waals surface area contributed by atoms with E-state index in [1.165, 1.54) is 29.1 Å². The number of nitrogens with zero attached hydrogens (tertiary/aromatic N) is 4. The quantitative estimate of drug-likeness (QED) is 0.920. The predicted octanol–water partition coefficient (Wildman–Crippen LogP) is 1.59. The molecule has 1 aromatic carbocycles. The van der Waals surface area contributed by atoms with Crippen LogP contribution >= 0.6 is 0 Å². The Balaban J connectivity index is 1.76. The fraction of sp³-hybridized carbons (Fsp3) is 0.438. The van der Waals surface area contributed by atoms with Crippen molar-refractivity contribution in [2.24, 2.45) is 0 Å². The van der Waals surface area contributed by atoms with Crippen LogP contribution in [0.1, 0.15) is 35.3 Å². The Morgan fingerprint density at radius 2 is 2.04 bits per heavy atom. The van der Waals surface area contributed by atoms with Crippen LogP contribution in [-0.2, 0) is 6.54 Å². The fourth-order valence-electron chi connectivity index (χ4n) is 2.92. The number of halogens is 2. The first-order chi connectivity index (χ1) is 11.6. The average molecular weight is 336 g/mol. The van der Waals surface area contributed by atoms with Crippen molar-refractivity contribution >= 4 is 5.91 Å². The molecule has 1 aliphatic heterocycles. The number of likely N-dealkylation sites (tertiary alicyclic amines) is 1. The normalized spacial score (nSPS) is 18.0. The Morgan fingerprint density at radius 1 is 1.29 bits per heavy atom. The molecule has 3 rings (SSSR count). The molecule has 6 nitrogen and oxygen atoms in total. The smallest absolute Gasteiger partial charge is 0.276 e. The van der Waals surface area contributed by atoms with Crippen molar-refractivity contribution in [3.63, 3.8) is 0 Å². The highest BCUT2D eigenvalue weighted by molar-refractivity contribution is 5.92. The molecule has 0 spiro atoms. The number of benzene rings is 1. The number of aromatic nitrogens is 3. The third kappa shape index (κ3) is 3.28. The van der Waals surface area contributed by atoms with Gasteiger partial charge in [-0.25, -0.2) is 13.5 Å². The van der Waals surface area contributed by atoms with E-state index in [0.29, 0.717) is 6.54 Å². The molecule has 128 valence electrons. The molecule has 24 heavy (non-hydrogen) atoms. The number of aliphatic hydroxyl groups is 1. The maximum absolute atomic E-state index is 13.7. The summed E-state index contributed by atoms with van der Waals surface area (Å²) in [5, 5.41) is 17.0. The molecular formula is C16H18F2N4O2. The van der Waals surface area contributed by atoms with E-state index in [1.807, 2.05) is 0 Å². The second kappa shape index (κ2) is 7.04. The van der Waals surface area contributed by atoms with Crippen LogP contribution in [0.15, 0.2) is 24.4 Å². The number of aliphatic hydroxyl groups excluding tert-OH is 1. The van der Waals surface area contributed by atoms with Crippen molar-refractivity contribution < 1.29 is 18.7 Å². The first-order valence-electron chi connectivity index (χ1n) is 7.85. The average Bonchev–Trinajstić information content (AvgIpc) is 3.06. The highest BCUT2D eigenvalue weighted by Gasteiger charge is 2.28. The summed E-state index contributed by atoms with van der Waals surface area (Å²) >= 11 is 0. The van der Waals surface area contributed by atoms with Gasteiger partial charge in [0.05, 0.1) is 25.4 Å². The Kier molecular flexibility index (Phi) is 4.84. The van der Waals surface area contributed by atoms with Gasteiger partial charge in [0.1, 0.15) is 11.6 Å². The van der Waals surface area contributed by atoms with Crippen LogP contribution in [0.25, 0.3) is 0 Å². The van der Waals surface area contributed by atoms with E-state index >= 15 is 0 Å². The van der Waals surface area contributed by atoms with Crippen molar-refractivity contribution in [3.8, 4) is 0 Å². The van der Waals surface area contributed by atoms with E-state index in [4.69, 9.17) is 0 Å². The molecule has 0 radical (unpaired) electrons. The van der Waals surface area contributed by atoms with Gasteiger partial charge in [-0.1, -0.05) is 11.3 Å². The van der Waals surface area contributed by atoms with Gasteiger partial charge in [-0.05, 0) is 31.4 Å². The number of carbonyl (C=O) groups excluding carboxylic acids is 1. The predicted molar refractivity (Wildman–Crippen MR) is 81.2 cm³/mol. The highest BCUT2D eigenvalue weighted by Crippen LogP contribution is 2.19. The molecule has 8 heteroatoms. The number of carbonyl (C=O) groups is 1. The van der Waals surface area contributed by atoms with Crippen LogP contribution in [0.2, 0.25) is 0 Å². The van der Waals surface area contributed by atoms with Gasteiger partial charge in [0, 0.05) is 12.1 Å². The number of hydrogen-bond acceptors (Lipinski definition) is 4. The first-order valence-corrected chi connectivity index (χ1v) is 7.85. The van der Waals surface area contributed by atoms with Gasteiger partial charge in [-0.15, -0.1) is 5.10 Å². The molecule has 1 saturated heterocycles. The highest BCUT2D eigenvalue weighted by atomic mass is 19.1. The lowest BCUT2D eigenvalue weighted by atomic mass is 10.0. The van der Waals surface area contributed by atoms with Gasteiger partial charge in [0.2, 0.25) is 0 Å². The number of amides is 1. The number of hydrogen-bond donors (Lipinski definition) is 1. The summed E-state index contributed by atoms with van der Waals surface area (Å²) in [6.45, 7) is 0.307. The Labute approximate surface area is 137 Å². The maximum atomic E-state index is 13.7. The topological polar surface area (TPSA) is 71.2 Å². The molecule has 0 saturated carbocycles. The molecule has 2 aromatic rings. The first kappa shape index (κ1) is 16.5. The van der Waals surface area contributed by atoms with Crippen molar-refractivity contribution in [2.45, 2.75) is 31.8 Å². The van der Waals surface area contributed by atoms with Gasteiger partial charge in [-0.2, -0.15) is 0 Å². The fourth-order valence-corrected chi connectivity index (χ4v) is 2.92. The van der Waals surface area contributed by atoms with E-state index in [9.17, 15) is 18.7 Å². The zero-order chi connectivity index (χ0) is 17.1. The molecule has 2 heterocycles. The maximum Gasteiger partial charge on any atom is 0.276 e. The standard InChI is InChI=1S/C16H18F2N4O2/c17-13-5-3-6-14(18)12(13)8-21-9-15(19-20-21)16(24)22-7-2-1-4-11(22)10-23/h3,5-6,9,11,23H,1-2,4,7-8,10H2/t11-/m1/s1. The summed E-state index contributed by atoms with van der Waals surface area (Å²) < 4.78 is 28.6. The third-order valence-corrected chi connectivity index (χ3v) is 4.24. The van der Waals surface area contributed by atoms with Gasteiger partial charge in [-0.3, -0.25) is 4.79 Å². The van der Waals surface area contributed by atoms with Crippen molar-refractivity contribution in [2.75, 3.05) is 13.2 Å². The van der Waals surface area contributed by atoms with Crippen LogP contribution in [0.4, 0.5) is 8.78 Å².